The lowest BCUT2D eigenvalue weighted by atomic mass is 10.0. The van der Waals surface area contributed by atoms with Gasteiger partial charge >= 0.3 is 12.4 Å². The number of benzene rings is 1. The SMILES string of the molecule is Nc1ncc(C(F)(F)F)cc1-c1ccc(C(F)(F)F)cc1. The van der Waals surface area contributed by atoms with Crippen molar-refractivity contribution in [2.45, 2.75) is 12.4 Å². The summed E-state index contributed by atoms with van der Waals surface area (Å²) in [4.78, 5) is 3.43. The first-order valence-corrected chi connectivity index (χ1v) is 5.59. The molecule has 2 nitrogen and oxygen atoms in total. The maximum Gasteiger partial charge on any atom is 0.417 e. The minimum absolute atomic E-state index is 0.0708. The number of nitrogens with two attached hydrogens (primary N) is 1. The molecular formula is C13H8F6N2. The van der Waals surface area contributed by atoms with Crippen molar-refractivity contribution in [3.63, 3.8) is 0 Å². The highest BCUT2D eigenvalue weighted by atomic mass is 19.4. The molecule has 2 rings (SSSR count). The van der Waals surface area contributed by atoms with E-state index in [1.165, 1.54) is 0 Å². The molecule has 0 unspecified atom stereocenters. The van der Waals surface area contributed by atoms with Gasteiger partial charge in [0.05, 0.1) is 11.1 Å². The van der Waals surface area contributed by atoms with E-state index >= 15 is 0 Å². The van der Waals surface area contributed by atoms with E-state index in [2.05, 4.69) is 4.98 Å². The molecular weight excluding hydrogens is 298 g/mol. The molecule has 0 amide bonds. The predicted molar refractivity (Wildman–Crippen MR) is 64.1 cm³/mol. The Bertz CT molecular complexity index is 643. The second-order valence-electron chi connectivity index (χ2n) is 4.23. The lowest BCUT2D eigenvalue weighted by Crippen LogP contribution is -2.07. The van der Waals surface area contributed by atoms with Gasteiger partial charge in [0.25, 0.3) is 0 Å². The third-order valence-electron chi connectivity index (χ3n) is 2.77. The third kappa shape index (κ3) is 3.26. The van der Waals surface area contributed by atoms with Crippen LogP contribution in [-0.2, 0) is 12.4 Å². The molecule has 2 N–H and O–H groups in total. The second kappa shape index (κ2) is 4.94. The monoisotopic (exact) mass is 306 g/mol. The van der Waals surface area contributed by atoms with E-state index in [0.717, 1.165) is 30.3 Å². The highest BCUT2D eigenvalue weighted by Crippen LogP contribution is 2.35. The average Bonchev–Trinajstić information content (AvgIpc) is 2.37. The molecule has 0 radical (unpaired) electrons. The van der Waals surface area contributed by atoms with E-state index in [-0.39, 0.29) is 16.9 Å². The van der Waals surface area contributed by atoms with Crippen LogP contribution in [0.4, 0.5) is 32.2 Å². The van der Waals surface area contributed by atoms with Crippen molar-refractivity contribution in [1.82, 2.24) is 4.98 Å². The molecule has 1 aromatic heterocycles. The Labute approximate surface area is 115 Å². The van der Waals surface area contributed by atoms with E-state index in [9.17, 15) is 26.3 Å². The van der Waals surface area contributed by atoms with E-state index in [1.54, 1.807) is 0 Å². The van der Waals surface area contributed by atoms with Gasteiger partial charge in [-0.2, -0.15) is 26.3 Å². The quantitative estimate of drug-likeness (QED) is 0.795. The number of pyridine rings is 1. The van der Waals surface area contributed by atoms with Crippen molar-refractivity contribution >= 4 is 5.82 Å². The maximum absolute atomic E-state index is 12.6. The minimum Gasteiger partial charge on any atom is -0.383 e. The van der Waals surface area contributed by atoms with Crippen LogP contribution < -0.4 is 5.73 Å². The maximum atomic E-state index is 12.6. The molecule has 1 heterocycles. The van der Waals surface area contributed by atoms with Crippen LogP contribution in [0.2, 0.25) is 0 Å². The minimum atomic E-state index is -4.61. The third-order valence-corrected chi connectivity index (χ3v) is 2.77. The lowest BCUT2D eigenvalue weighted by molar-refractivity contribution is -0.138. The molecule has 0 spiro atoms. The molecule has 0 atom stereocenters. The summed E-state index contributed by atoms with van der Waals surface area (Å²) in [5.41, 5.74) is 3.62. The Morgan fingerprint density at radius 1 is 0.810 bits per heavy atom. The number of anilines is 1. The largest absolute Gasteiger partial charge is 0.417 e. The Morgan fingerprint density at radius 3 is 1.81 bits per heavy atom. The van der Waals surface area contributed by atoms with Gasteiger partial charge in [0.15, 0.2) is 0 Å². The van der Waals surface area contributed by atoms with E-state index in [4.69, 9.17) is 5.73 Å². The number of nitrogens with zero attached hydrogens (tertiary/aromatic N) is 1. The summed E-state index contributed by atoms with van der Waals surface area (Å²) in [5, 5.41) is 0. The number of hydrogen-bond donors (Lipinski definition) is 1. The zero-order valence-corrected chi connectivity index (χ0v) is 10.3. The standard InChI is InChI=1S/C13H8F6N2/c14-12(15,16)8-3-1-7(2-4-8)10-5-9(13(17,18)19)6-21-11(10)20/h1-6H,(H2,20,21). The highest BCUT2D eigenvalue weighted by molar-refractivity contribution is 5.74. The van der Waals surface area contributed by atoms with Gasteiger partial charge < -0.3 is 5.73 Å². The zero-order chi connectivity index (χ0) is 15.8. The van der Waals surface area contributed by atoms with Crippen LogP contribution in [0.25, 0.3) is 11.1 Å². The fourth-order valence-electron chi connectivity index (χ4n) is 1.70. The van der Waals surface area contributed by atoms with Crippen molar-refractivity contribution in [2.75, 3.05) is 5.73 Å². The molecule has 1 aromatic carbocycles. The molecule has 0 saturated heterocycles. The molecule has 0 aliphatic heterocycles. The Kier molecular flexibility index (Phi) is 3.56. The Hall–Kier alpha value is -2.25. The van der Waals surface area contributed by atoms with Gasteiger partial charge in [-0.15, -0.1) is 0 Å². The molecule has 112 valence electrons. The van der Waals surface area contributed by atoms with Crippen molar-refractivity contribution < 1.29 is 26.3 Å². The number of alkyl halides is 6. The number of rotatable bonds is 1. The summed E-state index contributed by atoms with van der Waals surface area (Å²) in [7, 11) is 0. The van der Waals surface area contributed by atoms with Crippen LogP contribution >= 0.6 is 0 Å². The fraction of sp³-hybridized carbons (Fsp3) is 0.154. The molecule has 21 heavy (non-hydrogen) atoms. The Morgan fingerprint density at radius 2 is 1.33 bits per heavy atom. The lowest BCUT2D eigenvalue weighted by Gasteiger charge is -2.11. The van der Waals surface area contributed by atoms with Crippen molar-refractivity contribution in [1.29, 1.82) is 0 Å². The van der Waals surface area contributed by atoms with Gasteiger partial charge in [0.2, 0.25) is 0 Å². The Balaban J connectivity index is 2.47. The topological polar surface area (TPSA) is 38.9 Å². The summed E-state index contributed by atoms with van der Waals surface area (Å²) in [6, 6.07) is 4.40. The van der Waals surface area contributed by atoms with E-state index in [1.807, 2.05) is 0 Å². The first kappa shape index (κ1) is 15.1. The van der Waals surface area contributed by atoms with Crippen LogP contribution in [0.5, 0.6) is 0 Å². The zero-order valence-electron chi connectivity index (χ0n) is 10.3. The van der Waals surface area contributed by atoms with Gasteiger partial charge in [0, 0.05) is 11.8 Å². The summed E-state index contributed by atoms with van der Waals surface area (Å²) < 4.78 is 75.1. The van der Waals surface area contributed by atoms with Crippen molar-refractivity contribution in [3.8, 4) is 11.1 Å². The van der Waals surface area contributed by atoms with Gasteiger partial charge in [-0.1, -0.05) is 12.1 Å². The molecule has 8 heteroatoms. The smallest absolute Gasteiger partial charge is 0.383 e. The number of hydrogen-bond acceptors (Lipinski definition) is 2. The van der Waals surface area contributed by atoms with E-state index < -0.39 is 23.5 Å². The summed E-state index contributed by atoms with van der Waals surface area (Å²) in [6.07, 6.45) is -8.56. The summed E-state index contributed by atoms with van der Waals surface area (Å²) in [5.74, 6) is -0.192. The van der Waals surface area contributed by atoms with Crippen molar-refractivity contribution in [2.24, 2.45) is 0 Å². The van der Waals surface area contributed by atoms with Crippen LogP contribution in [-0.4, -0.2) is 4.98 Å². The summed E-state index contributed by atoms with van der Waals surface area (Å²) >= 11 is 0. The first-order chi connectivity index (χ1) is 9.59. The highest BCUT2D eigenvalue weighted by Gasteiger charge is 2.32. The van der Waals surface area contributed by atoms with Crippen LogP contribution in [0.15, 0.2) is 36.5 Å². The van der Waals surface area contributed by atoms with Crippen molar-refractivity contribution in [3.05, 3.63) is 47.7 Å². The molecule has 0 aliphatic carbocycles. The van der Waals surface area contributed by atoms with Crippen LogP contribution in [0, 0.1) is 0 Å². The molecule has 0 fully saturated rings. The molecule has 0 saturated carbocycles. The average molecular weight is 306 g/mol. The van der Waals surface area contributed by atoms with Gasteiger partial charge in [0.1, 0.15) is 5.82 Å². The first-order valence-electron chi connectivity index (χ1n) is 5.59. The van der Waals surface area contributed by atoms with Crippen LogP contribution in [0.1, 0.15) is 11.1 Å². The predicted octanol–water partition coefficient (Wildman–Crippen LogP) is 4.37. The second-order valence-corrected chi connectivity index (χ2v) is 4.23. The number of nitrogen functional groups attached to an aromatic ring is 1. The van der Waals surface area contributed by atoms with Gasteiger partial charge in [-0.25, -0.2) is 4.98 Å². The summed E-state index contributed by atoms with van der Waals surface area (Å²) in [6.45, 7) is 0. The van der Waals surface area contributed by atoms with E-state index in [0.29, 0.717) is 6.20 Å². The molecule has 0 aliphatic rings. The molecule has 2 aromatic rings. The normalized spacial score (nSPS) is 12.5. The van der Waals surface area contributed by atoms with Crippen LogP contribution in [0.3, 0.4) is 0 Å². The van der Waals surface area contributed by atoms with Gasteiger partial charge in [-0.05, 0) is 23.8 Å². The number of halogens is 6. The molecule has 0 bridgehead atoms. The van der Waals surface area contributed by atoms with Gasteiger partial charge in [-0.3, -0.25) is 0 Å². The fourth-order valence-corrected chi connectivity index (χ4v) is 1.70. The number of aromatic nitrogens is 1.